The van der Waals surface area contributed by atoms with Gasteiger partial charge in [0.2, 0.25) is 0 Å². The summed E-state index contributed by atoms with van der Waals surface area (Å²) in [7, 11) is 0. The number of aliphatic hydroxyl groups is 3. The number of rotatable bonds is 12. The van der Waals surface area contributed by atoms with Crippen LogP contribution in [0.25, 0.3) is 0 Å². The van der Waals surface area contributed by atoms with Crippen LogP contribution in [0, 0.1) is 0 Å². The average Bonchev–Trinajstić information content (AvgIpc) is 2.53. The first kappa shape index (κ1) is 19.8. The summed E-state index contributed by atoms with van der Waals surface area (Å²) >= 11 is 0. The molecule has 0 spiro atoms. The lowest BCUT2D eigenvalue weighted by molar-refractivity contribution is -0.208. The van der Waals surface area contributed by atoms with Gasteiger partial charge in [0.05, 0.1) is 13.2 Å². The van der Waals surface area contributed by atoms with Crippen molar-refractivity contribution < 1.29 is 24.8 Å². The molecule has 1 saturated heterocycles. The molecule has 132 valence electrons. The third-order valence-electron chi connectivity index (χ3n) is 4.35. The molecule has 3 N–H and O–H groups in total. The smallest absolute Gasteiger partial charge is 0.111 e. The van der Waals surface area contributed by atoms with Gasteiger partial charge in [0.25, 0.3) is 0 Å². The van der Waals surface area contributed by atoms with Crippen molar-refractivity contribution in [1.29, 1.82) is 0 Å². The highest BCUT2D eigenvalue weighted by atomic mass is 16.6. The summed E-state index contributed by atoms with van der Waals surface area (Å²) < 4.78 is 10.9. The molecule has 1 aliphatic rings. The van der Waals surface area contributed by atoms with Crippen molar-refractivity contribution in [3.05, 3.63) is 0 Å². The Morgan fingerprint density at radius 2 is 1.50 bits per heavy atom. The molecule has 0 aromatic carbocycles. The van der Waals surface area contributed by atoms with E-state index in [-0.39, 0.29) is 13.2 Å². The summed E-state index contributed by atoms with van der Waals surface area (Å²) in [6.07, 6.45) is 8.04. The van der Waals surface area contributed by atoms with E-state index in [0.29, 0.717) is 6.61 Å². The fourth-order valence-electron chi connectivity index (χ4n) is 2.81. The lowest BCUT2D eigenvalue weighted by atomic mass is 10.0. The zero-order chi connectivity index (χ0) is 16.2. The van der Waals surface area contributed by atoms with Crippen molar-refractivity contribution in [2.24, 2.45) is 0 Å². The summed E-state index contributed by atoms with van der Waals surface area (Å²) in [4.78, 5) is 0. The Bertz CT molecular complexity index is 261. The summed E-state index contributed by atoms with van der Waals surface area (Å²) in [5, 5.41) is 28.7. The molecule has 22 heavy (non-hydrogen) atoms. The van der Waals surface area contributed by atoms with Crippen LogP contribution in [0.4, 0.5) is 0 Å². The maximum absolute atomic E-state index is 9.92. The highest BCUT2D eigenvalue weighted by molar-refractivity contribution is 4.87. The van der Waals surface area contributed by atoms with Crippen molar-refractivity contribution >= 4 is 0 Å². The van der Waals surface area contributed by atoms with Crippen molar-refractivity contribution in [3.63, 3.8) is 0 Å². The second-order valence-electron chi connectivity index (χ2n) is 6.27. The number of hydrogen-bond acceptors (Lipinski definition) is 5. The number of unbranched alkanes of at least 4 members (excludes halogenated alkanes) is 8. The first-order valence-corrected chi connectivity index (χ1v) is 8.90. The van der Waals surface area contributed by atoms with Gasteiger partial charge in [-0.05, 0) is 6.42 Å². The SMILES string of the molecule is CCCCCCCCCCCO[C@@H]1CO[C@@H](CO)[C@H](O)[C@H]1O. The molecular formula is C17H34O5. The molecule has 5 nitrogen and oxygen atoms in total. The molecule has 0 aromatic rings. The van der Waals surface area contributed by atoms with Gasteiger partial charge < -0.3 is 24.8 Å². The van der Waals surface area contributed by atoms with Crippen LogP contribution < -0.4 is 0 Å². The van der Waals surface area contributed by atoms with E-state index < -0.39 is 24.4 Å². The van der Waals surface area contributed by atoms with Gasteiger partial charge >= 0.3 is 0 Å². The van der Waals surface area contributed by atoms with Crippen LogP contribution in [0.3, 0.4) is 0 Å². The molecule has 5 heteroatoms. The third kappa shape index (κ3) is 7.38. The topological polar surface area (TPSA) is 79.2 Å². The molecule has 0 aliphatic carbocycles. The summed E-state index contributed by atoms with van der Waals surface area (Å²) in [6.45, 7) is 2.75. The van der Waals surface area contributed by atoms with Gasteiger partial charge in [0, 0.05) is 6.61 Å². The molecule has 4 atom stereocenters. The Labute approximate surface area is 134 Å². The Morgan fingerprint density at radius 1 is 0.909 bits per heavy atom. The minimum atomic E-state index is -1.08. The molecule has 0 unspecified atom stereocenters. The Hall–Kier alpha value is -0.200. The van der Waals surface area contributed by atoms with Gasteiger partial charge in [0.1, 0.15) is 24.4 Å². The lowest BCUT2D eigenvalue weighted by Crippen LogP contribution is -2.55. The molecule has 1 fully saturated rings. The summed E-state index contributed by atoms with van der Waals surface area (Å²) in [5.74, 6) is 0. The van der Waals surface area contributed by atoms with E-state index >= 15 is 0 Å². The van der Waals surface area contributed by atoms with Crippen LogP contribution in [0.1, 0.15) is 64.7 Å². The predicted molar refractivity (Wildman–Crippen MR) is 85.8 cm³/mol. The predicted octanol–water partition coefficient (Wildman–Crippen LogP) is 2.02. The van der Waals surface area contributed by atoms with E-state index in [2.05, 4.69) is 6.92 Å². The van der Waals surface area contributed by atoms with Crippen LogP contribution in [-0.2, 0) is 9.47 Å². The normalized spacial score (nSPS) is 28.9. The van der Waals surface area contributed by atoms with Gasteiger partial charge in [0.15, 0.2) is 0 Å². The van der Waals surface area contributed by atoms with E-state index in [1.807, 2.05) is 0 Å². The Balaban J connectivity index is 1.96. The minimum absolute atomic E-state index is 0.223. The van der Waals surface area contributed by atoms with Gasteiger partial charge in [-0.25, -0.2) is 0 Å². The molecule has 1 rings (SSSR count). The van der Waals surface area contributed by atoms with Crippen LogP contribution in [-0.4, -0.2) is 59.6 Å². The highest BCUT2D eigenvalue weighted by Gasteiger charge is 2.38. The van der Waals surface area contributed by atoms with Gasteiger partial charge in [-0.1, -0.05) is 58.3 Å². The minimum Gasteiger partial charge on any atom is -0.394 e. The molecule has 0 amide bonds. The highest BCUT2D eigenvalue weighted by Crippen LogP contribution is 2.18. The summed E-state index contributed by atoms with van der Waals surface area (Å²) in [6, 6.07) is 0. The fraction of sp³-hybridized carbons (Fsp3) is 1.00. The molecule has 0 radical (unpaired) electrons. The zero-order valence-electron chi connectivity index (χ0n) is 14.0. The van der Waals surface area contributed by atoms with Crippen LogP contribution in [0.15, 0.2) is 0 Å². The Morgan fingerprint density at radius 3 is 2.09 bits per heavy atom. The third-order valence-corrected chi connectivity index (χ3v) is 4.35. The van der Waals surface area contributed by atoms with E-state index in [1.54, 1.807) is 0 Å². The molecular weight excluding hydrogens is 284 g/mol. The first-order chi connectivity index (χ1) is 10.7. The van der Waals surface area contributed by atoms with Gasteiger partial charge in [-0.2, -0.15) is 0 Å². The van der Waals surface area contributed by atoms with E-state index in [4.69, 9.17) is 14.6 Å². The largest absolute Gasteiger partial charge is 0.394 e. The van der Waals surface area contributed by atoms with Crippen LogP contribution in [0.2, 0.25) is 0 Å². The number of aliphatic hydroxyl groups excluding tert-OH is 3. The Kier molecular flexibility index (Phi) is 11.1. The van der Waals surface area contributed by atoms with E-state index in [0.717, 1.165) is 12.8 Å². The molecule has 0 bridgehead atoms. The summed E-state index contributed by atoms with van der Waals surface area (Å²) in [5.41, 5.74) is 0. The maximum atomic E-state index is 9.92. The average molecular weight is 318 g/mol. The van der Waals surface area contributed by atoms with Crippen molar-refractivity contribution in [2.75, 3.05) is 19.8 Å². The van der Waals surface area contributed by atoms with Gasteiger partial charge in [-0.3, -0.25) is 0 Å². The van der Waals surface area contributed by atoms with Crippen LogP contribution >= 0.6 is 0 Å². The fourth-order valence-corrected chi connectivity index (χ4v) is 2.81. The molecule has 1 aliphatic heterocycles. The standard InChI is InChI=1S/C17H34O5/c1-2-3-4-5-6-7-8-9-10-11-21-15-13-22-14(12-18)16(19)17(15)20/h14-20H,2-13H2,1H3/t14-,15+,16-,17-/m0/s1. The lowest BCUT2D eigenvalue weighted by Gasteiger charge is -2.36. The van der Waals surface area contributed by atoms with E-state index in [9.17, 15) is 10.2 Å². The molecule has 0 aromatic heterocycles. The quantitative estimate of drug-likeness (QED) is 0.480. The number of hydrogen-bond donors (Lipinski definition) is 3. The molecule has 1 heterocycles. The van der Waals surface area contributed by atoms with Crippen LogP contribution in [0.5, 0.6) is 0 Å². The molecule has 0 saturated carbocycles. The van der Waals surface area contributed by atoms with Crippen molar-refractivity contribution in [1.82, 2.24) is 0 Å². The first-order valence-electron chi connectivity index (χ1n) is 8.90. The zero-order valence-corrected chi connectivity index (χ0v) is 14.0. The number of ether oxygens (including phenoxy) is 2. The van der Waals surface area contributed by atoms with E-state index in [1.165, 1.54) is 44.9 Å². The monoisotopic (exact) mass is 318 g/mol. The van der Waals surface area contributed by atoms with Crippen molar-refractivity contribution in [2.45, 2.75) is 89.1 Å². The van der Waals surface area contributed by atoms with Gasteiger partial charge in [-0.15, -0.1) is 0 Å². The second-order valence-corrected chi connectivity index (χ2v) is 6.27. The van der Waals surface area contributed by atoms with Crippen molar-refractivity contribution in [3.8, 4) is 0 Å². The second kappa shape index (κ2) is 12.3. The maximum Gasteiger partial charge on any atom is 0.111 e.